The number of carbonyl (C=O) groups excluding carboxylic acids is 1. The average Bonchev–Trinajstić information content (AvgIpc) is 2.85. The molecule has 32 heavy (non-hydrogen) atoms. The highest BCUT2D eigenvalue weighted by molar-refractivity contribution is 7.89. The molecule has 2 aromatic carbocycles. The van der Waals surface area contributed by atoms with E-state index >= 15 is 0 Å². The second kappa shape index (κ2) is 9.69. The van der Waals surface area contributed by atoms with Gasteiger partial charge in [-0.25, -0.2) is 8.42 Å². The zero-order valence-electron chi connectivity index (χ0n) is 17.8. The first-order chi connectivity index (χ1) is 15.5. The number of anilines is 2. The van der Waals surface area contributed by atoms with Gasteiger partial charge in [0.05, 0.1) is 41.1 Å². The quantitative estimate of drug-likeness (QED) is 0.745. The molecule has 2 fully saturated rings. The Morgan fingerprint density at radius 1 is 0.969 bits per heavy atom. The first-order valence-electron chi connectivity index (χ1n) is 10.8. The summed E-state index contributed by atoms with van der Waals surface area (Å²) in [6.45, 7) is 3.46. The van der Waals surface area contributed by atoms with Gasteiger partial charge in [-0.1, -0.05) is 6.42 Å². The average molecular weight is 455 g/mol. The van der Waals surface area contributed by atoms with Gasteiger partial charge in [0.25, 0.3) is 5.91 Å². The van der Waals surface area contributed by atoms with E-state index in [9.17, 15) is 13.2 Å². The Labute approximate surface area is 188 Å². The normalized spacial score (nSPS) is 17.5. The lowest BCUT2D eigenvalue weighted by molar-refractivity contribution is 0.102. The molecule has 0 aliphatic carbocycles. The Kier molecular flexibility index (Phi) is 6.74. The Hall–Kier alpha value is -2.93. The second-order valence-electron chi connectivity index (χ2n) is 7.89. The summed E-state index contributed by atoms with van der Waals surface area (Å²) in [5.41, 5.74) is 2.05. The standard InChI is InChI=1S/C23H26N4O4S/c24-17-18-4-6-19(7-5-18)23(28)25-21-16-20(32(29,30)27-10-2-1-3-11-27)8-9-22(21)26-12-14-31-15-13-26/h4-9,16H,1-3,10-15H2,(H,25,28). The van der Waals surface area contributed by atoms with E-state index in [-0.39, 0.29) is 10.8 Å². The maximum absolute atomic E-state index is 13.2. The number of hydrogen-bond acceptors (Lipinski definition) is 6. The van der Waals surface area contributed by atoms with E-state index in [1.807, 2.05) is 6.07 Å². The molecule has 2 aliphatic heterocycles. The van der Waals surface area contributed by atoms with Crippen LogP contribution in [0.25, 0.3) is 0 Å². The van der Waals surface area contributed by atoms with Crippen LogP contribution in [0.2, 0.25) is 0 Å². The predicted molar refractivity (Wildman–Crippen MR) is 121 cm³/mol. The van der Waals surface area contributed by atoms with E-state index in [0.29, 0.717) is 56.2 Å². The third-order valence-electron chi connectivity index (χ3n) is 5.80. The SMILES string of the molecule is N#Cc1ccc(C(=O)Nc2cc(S(=O)(=O)N3CCCCC3)ccc2N2CCOCC2)cc1. The topological polar surface area (TPSA) is 103 Å². The van der Waals surface area contributed by atoms with Crippen molar-refractivity contribution in [2.24, 2.45) is 0 Å². The number of ether oxygens (including phenoxy) is 1. The van der Waals surface area contributed by atoms with Crippen molar-refractivity contribution in [1.29, 1.82) is 5.26 Å². The molecule has 0 atom stereocenters. The summed E-state index contributed by atoms with van der Waals surface area (Å²) in [5.74, 6) is -0.364. The molecule has 0 saturated carbocycles. The van der Waals surface area contributed by atoms with Crippen molar-refractivity contribution in [2.75, 3.05) is 49.6 Å². The van der Waals surface area contributed by atoms with Gasteiger partial charge in [-0.15, -0.1) is 0 Å². The summed E-state index contributed by atoms with van der Waals surface area (Å²) < 4.78 is 33.4. The maximum atomic E-state index is 13.2. The fourth-order valence-electron chi connectivity index (χ4n) is 4.00. The summed E-state index contributed by atoms with van der Waals surface area (Å²) in [7, 11) is -3.64. The van der Waals surface area contributed by atoms with Gasteiger partial charge in [-0.2, -0.15) is 9.57 Å². The van der Waals surface area contributed by atoms with Gasteiger partial charge in [-0.05, 0) is 55.3 Å². The van der Waals surface area contributed by atoms with Crippen molar-refractivity contribution in [3.63, 3.8) is 0 Å². The van der Waals surface area contributed by atoms with Crippen LogP contribution in [0, 0.1) is 11.3 Å². The zero-order valence-corrected chi connectivity index (χ0v) is 18.6. The fraction of sp³-hybridized carbons (Fsp3) is 0.391. The number of benzene rings is 2. The Bertz CT molecular complexity index is 1110. The molecule has 4 rings (SSSR count). The van der Waals surface area contributed by atoms with Crippen LogP contribution < -0.4 is 10.2 Å². The number of piperidine rings is 1. The summed E-state index contributed by atoms with van der Waals surface area (Å²) in [5, 5.41) is 11.9. The number of hydrogen-bond donors (Lipinski definition) is 1. The third-order valence-corrected chi connectivity index (χ3v) is 7.69. The first kappa shape index (κ1) is 22.3. The molecule has 2 aromatic rings. The molecule has 2 heterocycles. The molecule has 1 N–H and O–H groups in total. The molecular formula is C23H26N4O4S. The molecule has 2 saturated heterocycles. The largest absolute Gasteiger partial charge is 0.378 e. The Morgan fingerprint density at radius 3 is 2.31 bits per heavy atom. The van der Waals surface area contributed by atoms with Crippen LogP contribution in [0.3, 0.4) is 0 Å². The molecular weight excluding hydrogens is 428 g/mol. The molecule has 0 unspecified atom stereocenters. The summed E-state index contributed by atoms with van der Waals surface area (Å²) in [6.07, 6.45) is 2.74. The Balaban J connectivity index is 1.67. The van der Waals surface area contributed by atoms with Crippen molar-refractivity contribution >= 4 is 27.3 Å². The van der Waals surface area contributed by atoms with Crippen LogP contribution >= 0.6 is 0 Å². The monoisotopic (exact) mass is 454 g/mol. The minimum absolute atomic E-state index is 0.173. The van der Waals surface area contributed by atoms with Gasteiger partial charge in [-0.3, -0.25) is 4.79 Å². The lowest BCUT2D eigenvalue weighted by atomic mass is 10.1. The number of rotatable bonds is 5. The van der Waals surface area contributed by atoms with Crippen molar-refractivity contribution in [3.8, 4) is 6.07 Å². The highest BCUT2D eigenvalue weighted by Gasteiger charge is 2.27. The van der Waals surface area contributed by atoms with E-state index < -0.39 is 10.0 Å². The lowest BCUT2D eigenvalue weighted by Crippen LogP contribution is -2.37. The summed E-state index contributed by atoms with van der Waals surface area (Å²) in [4.78, 5) is 15.2. The van der Waals surface area contributed by atoms with Crippen molar-refractivity contribution < 1.29 is 17.9 Å². The van der Waals surface area contributed by atoms with E-state index in [1.165, 1.54) is 4.31 Å². The number of sulfonamides is 1. The molecule has 0 aromatic heterocycles. The maximum Gasteiger partial charge on any atom is 0.255 e. The van der Waals surface area contributed by atoms with E-state index in [1.54, 1.807) is 42.5 Å². The summed E-state index contributed by atoms with van der Waals surface area (Å²) in [6, 6.07) is 13.3. The van der Waals surface area contributed by atoms with Crippen LogP contribution in [-0.4, -0.2) is 58.0 Å². The Morgan fingerprint density at radius 2 is 1.66 bits per heavy atom. The molecule has 1 amide bonds. The molecule has 9 heteroatoms. The van der Waals surface area contributed by atoms with Gasteiger partial charge >= 0.3 is 0 Å². The highest BCUT2D eigenvalue weighted by Crippen LogP contribution is 2.32. The number of nitrogens with one attached hydrogen (secondary N) is 1. The number of amides is 1. The van der Waals surface area contributed by atoms with Gasteiger partial charge in [0.15, 0.2) is 0 Å². The molecule has 0 spiro atoms. The number of morpholine rings is 1. The van der Waals surface area contributed by atoms with Crippen LogP contribution in [0.15, 0.2) is 47.4 Å². The molecule has 0 radical (unpaired) electrons. The van der Waals surface area contributed by atoms with Crippen LogP contribution in [0.5, 0.6) is 0 Å². The number of nitriles is 1. The molecule has 2 aliphatic rings. The van der Waals surface area contributed by atoms with Crippen molar-refractivity contribution in [1.82, 2.24) is 4.31 Å². The zero-order chi connectivity index (χ0) is 22.6. The molecule has 8 nitrogen and oxygen atoms in total. The van der Waals surface area contributed by atoms with Gasteiger partial charge in [0.1, 0.15) is 0 Å². The number of nitrogens with zero attached hydrogens (tertiary/aromatic N) is 3. The van der Waals surface area contributed by atoms with Crippen molar-refractivity contribution in [2.45, 2.75) is 24.2 Å². The first-order valence-corrected chi connectivity index (χ1v) is 12.2. The molecule has 168 valence electrons. The van der Waals surface area contributed by atoms with Crippen LogP contribution in [0.1, 0.15) is 35.2 Å². The fourth-order valence-corrected chi connectivity index (χ4v) is 5.54. The third kappa shape index (κ3) is 4.78. The van der Waals surface area contributed by atoms with E-state index in [2.05, 4.69) is 10.2 Å². The van der Waals surface area contributed by atoms with E-state index in [4.69, 9.17) is 10.00 Å². The predicted octanol–water partition coefficient (Wildman–Crippen LogP) is 2.82. The van der Waals surface area contributed by atoms with Crippen molar-refractivity contribution in [3.05, 3.63) is 53.6 Å². The number of carbonyl (C=O) groups is 1. The minimum atomic E-state index is -3.64. The van der Waals surface area contributed by atoms with Crippen LogP contribution in [0.4, 0.5) is 11.4 Å². The lowest BCUT2D eigenvalue weighted by Gasteiger charge is -2.31. The minimum Gasteiger partial charge on any atom is -0.378 e. The van der Waals surface area contributed by atoms with Crippen LogP contribution in [-0.2, 0) is 14.8 Å². The smallest absolute Gasteiger partial charge is 0.255 e. The van der Waals surface area contributed by atoms with E-state index in [0.717, 1.165) is 24.9 Å². The van der Waals surface area contributed by atoms with Gasteiger partial charge < -0.3 is 15.0 Å². The second-order valence-corrected chi connectivity index (χ2v) is 9.82. The molecule has 0 bridgehead atoms. The highest BCUT2D eigenvalue weighted by atomic mass is 32.2. The van der Waals surface area contributed by atoms with Gasteiger partial charge in [0, 0.05) is 31.7 Å². The summed E-state index contributed by atoms with van der Waals surface area (Å²) >= 11 is 0. The van der Waals surface area contributed by atoms with Gasteiger partial charge in [0.2, 0.25) is 10.0 Å².